The molecule has 0 bridgehead atoms. The highest BCUT2D eigenvalue weighted by Gasteiger charge is 2.43. The summed E-state index contributed by atoms with van der Waals surface area (Å²) in [4.78, 5) is 23.7. The maximum Gasteiger partial charge on any atom is 0.220 e. The van der Waals surface area contributed by atoms with Crippen LogP contribution in [0, 0.1) is 0 Å². The van der Waals surface area contributed by atoms with Gasteiger partial charge < -0.3 is 20.1 Å². The molecule has 0 unspecified atom stereocenters. The Kier molecular flexibility index (Phi) is 3.56. The van der Waals surface area contributed by atoms with Gasteiger partial charge in [-0.25, -0.2) is 15.0 Å². The molecule has 1 saturated carbocycles. The first-order valence-electron chi connectivity index (χ1n) is 6.90. The summed E-state index contributed by atoms with van der Waals surface area (Å²) in [5.74, 6) is -0.148. The molecule has 21 heavy (non-hydrogen) atoms. The number of carbonyl (C=O) groups is 1. The van der Waals surface area contributed by atoms with E-state index in [0.717, 1.165) is 0 Å². The number of imidazole rings is 1. The van der Waals surface area contributed by atoms with Crippen molar-refractivity contribution in [1.29, 1.82) is 0 Å². The van der Waals surface area contributed by atoms with Gasteiger partial charge >= 0.3 is 0 Å². The molecule has 3 N–H and O–H groups in total. The third-order valence-corrected chi connectivity index (χ3v) is 3.92. The largest absolute Gasteiger partial charge is 0.388 e. The van der Waals surface area contributed by atoms with Crippen molar-refractivity contribution in [2.24, 2.45) is 0 Å². The molecule has 1 fully saturated rings. The summed E-state index contributed by atoms with van der Waals surface area (Å²) < 4.78 is 1.73. The van der Waals surface area contributed by atoms with Crippen LogP contribution < -0.4 is 5.32 Å². The molecule has 2 aromatic heterocycles. The molecule has 0 radical (unpaired) electrons. The summed E-state index contributed by atoms with van der Waals surface area (Å²) in [6, 6.07) is -0.862. The van der Waals surface area contributed by atoms with Crippen molar-refractivity contribution in [1.82, 2.24) is 24.8 Å². The molecule has 8 nitrogen and oxygen atoms in total. The van der Waals surface area contributed by atoms with Gasteiger partial charge in [-0.3, -0.25) is 4.79 Å². The van der Waals surface area contributed by atoms with E-state index < -0.39 is 18.2 Å². The molecule has 0 aromatic carbocycles. The lowest BCUT2D eigenvalue weighted by molar-refractivity contribution is -0.122. The van der Waals surface area contributed by atoms with Crippen molar-refractivity contribution < 1.29 is 15.0 Å². The molecule has 1 aliphatic rings. The number of rotatable bonds is 3. The van der Waals surface area contributed by atoms with Crippen LogP contribution in [0.4, 0.5) is 0 Å². The minimum Gasteiger partial charge on any atom is -0.388 e. The molecule has 3 rings (SSSR count). The van der Waals surface area contributed by atoms with Crippen LogP contribution in [0.1, 0.15) is 25.8 Å². The Balaban J connectivity index is 1.87. The van der Waals surface area contributed by atoms with Gasteiger partial charge in [0.25, 0.3) is 0 Å². The number of amides is 1. The molecule has 1 amide bonds. The third kappa shape index (κ3) is 2.36. The number of aliphatic hydroxyl groups excluding tert-OH is 2. The van der Waals surface area contributed by atoms with E-state index in [2.05, 4.69) is 20.3 Å². The molecule has 2 heterocycles. The zero-order valence-electron chi connectivity index (χ0n) is 11.5. The van der Waals surface area contributed by atoms with Gasteiger partial charge in [0.2, 0.25) is 5.91 Å². The SMILES string of the molecule is CCC(=O)N[C@H]1C[C@@H](n2cnc3cncnc32)[C@H](O)[C@@H]1O. The van der Waals surface area contributed by atoms with Crippen molar-refractivity contribution in [2.45, 2.75) is 44.1 Å². The lowest BCUT2D eigenvalue weighted by atomic mass is 10.2. The topological polar surface area (TPSA) is 113 Å². The molecular weight excluding hydrogens is 274 g/mol. The van der Waals surface area contributed by atoms with Crippen LogP contribution in [0.5, 0.6) is 0 Å². The summed E-state index contributed by atoms with van der Waals surface area (Å²) in [5, 5.41) is 23.1. The van der Waals surface area contributed by atoms with E-state index >= 15 is 0 Å². The Morgan fingerprint density at radius 3 is 3.00 bits per heavy atom. The Morgan fingerprint density at radius 1 is 1.43 bits per heavy atom. The average molecular weight is 291 g/mol. The zero-order valence-corrected chi connectivity index (χ0v) is 11.5. The summed E-state index contributed by atoms with van der Waals surface area (Å²) in [7, 11) is 0. The van der Waals surface area contributed by atoms with E-state index in [0.29, 0.717) is 24.0 Å². The summed E-state index contributed by atoms with van der Waals surface area (Å²) in [5.41, 5.74) is 1.23. The van der Waals surface area contributed by atoms with Crippen molar-refractivity contribution in [2.75, 3.05) is 0 Å². The number of carbonyl (C=O) groups excluding carboxylic acids is 1. The normalized spacial score (nSPS) is 28.9. The lowest BCUT2D eigenvalue weighted by Crippen LogP contribution is -2.42. The van der Waals surface area contributed by atoms with Gasteiger partial charge in [-0.05, 0) is 6.42 Å². The van der Waals surface area contributed by atoms with Crippen molar-refractivity contribution in [3.05, 3.63) is 18.9 Å². The van der Waals surface area contributed by atoms with E-state index in [9.17, 15) is 15.0 Å². The van der Waals surface area contributed by atoms with Gasteiger partial charge in [-0.1, -0.05) is 6.92 Å². The van der Waals surface area contributed by atoms with Crippen molar-refractivity contribution >= 4 is 17.1 Å². The summed E-state index contributed by atoms with van der Waals surface area (Å²) >= 11 is 0. The fourth-order valence-corrected chi connectivity index (χ4v) is 2.76. The molecule has 4 atom stereocenters. The molecular formula is C13H17N5O3. The Hall–Kier alpha value is -2.06. The maximum absolute atomic E-state index is 11.5. The second-order valence-corrected chi connectivity index (χ2v) is 5.20. The van der Waals surface area contributed by atoms with E-state index in [1.807, 2.05) is 0 Å². The Morgan fingerprint density at radius 2 is 2.24 bits per heavy atom. The van der Waals surface area contributed by atoms with Crippen LogP contribution in [0.15, 0.2) is 18.9 Å². The number of nitrogens with zero attached hydrogens (tertiary/aromatic N) is 4. The van der Waals surface area contributed by atoms with Crippen LogP contribution in [0.3, 0.4) is 0 Å². The van der Waals surface area contributed by atoms with Crippen LogP contribution in [-0.2, 0) is 4.79 Å². The Labute approximate surface area is 120 Å². The second-order valence-electron chi connectivity index (χ2n) is 5.20. The van der Waals surface area contributed by atoms with Crippen LogP contribution >= 0.6 is 0 Å². The Bertz CT molecular complexity index is 658. The number of aromatic nitrogens is 4. The molecule has 1 aliphatic carbocycles. The standard InChI is InChI=1S/C13H17N5O3/c1-2-10(19)17-7-3-9(12(21)11(7)20)18-6-16-8-4-14-5-15-13(8)18/h4-7,9,11-12,20-21H,2-3H2,1H3,(H,17,19)/t7-,9+,11+,12-/m0/s1. The van der Waals surface area contributed by atoms with Gasteiger partial charge in [0, 0.05) is 6.42 Å². The number of hydrogen-bond donors (Lipinski definition) is 3. The highest BCUT2D eigenvalue weighted by atomic mass is 16.3. The van der Waals surface area contributed by atoms with Gasteiger partial charge in [-0.15, -0.1) is 0 Å². The van der Waals surface area contributed by atoms with Crippen LogP contribution in [0.2, 0.25) is 0 Å². The number of aliphatic hydroxyl groups is 2. The minimum atomic E-state index is -1.01. The number of nitrogens with one attached hydrogen (secondary N) is 1. The molecule has 112 valence electrons. The predicted octanol–water partition coefficient (Wildman–Crippen LogP) is -0.612. The van der Waals surface area contributed by atoms with Gasteiger partial charge in [0.1, 0.15) is 24.1 Å². The monoisotopic (exact) mass is 291 g/mol. The van der Waals surface area contributed by atoms with Crippen LogP contribution in [0.25, 0.3) is 11.2 Å². The van der Waals surface area contributed by atoms with E-state index in [4.69, 9.17) is 0 Å². The first-order chi connectivity index (χ1) is 10.1. The summed E-state index contributed by atoms with van der Waals surface area (Å²) in [6.45, 7) is 1.74. The molecule has 0 saturated heterocycles. The van der Waals surface area contributed by atoms with Gasteiger partial charge in [0.05, 0.1) is 24.6 Å². The van der Waals surface area contributed by atoms with Gasteiger partial charge in [-0.2, -0.15) is 0 Å². The molecule has 8 heteroatoms. The quantitative estimate of drug-likeness (QED) is 0.695. The van der Waals surface area contributed by atoms with Gasteiger partial charge in [0.15, 0.2) is 5.65 Å². The molecule has 0 spiro atoms. The predicted molar refractivity (Wildman–Crippen MR) is 73.2 cm³/mol. The highest BCUT2D eigenvalue weighted by molar-refractivity contribution is 5.76. The lowest BCUT2D eigenvalue weighted by Gasteiger charge is -2.18. The fourth-order valence-electron chi connectivity index (χ4n) is 2.76. The molecule has 0 aliphatic heterocycles. The fraction of sp³-hybridized carbons (Fsp3) is 0.538. The van der Waals surface area contributed by atoms with Crippen molar-refractivity contribution in [3.63, 3.8) is 0 Å². The molecule has 2 aromatic rings. The first kappa shape index (κ1) is 13.9. The third-order valence-electron chi connectivity index (χ3n) is 3.92. The van der Waals surface area contributed by atoms with Crippen LogP contribution in [-0.4, -0.2) is 53.9 Å². The number of fused-ring (bicyclic) bond motifs is 1. The zero-order chi connectivity index (χ0) is 15.0. The average Bonchev–Trinajstić information content (AvgIpc) is 3.03. The van der Waals surface area contributed by atoms with E-state index in [-0.39, 0.29) is 11.9 Å². The minimum absolute atomic E-state index is 0.148. The smallest absolute Gasteiger partial charge is 0.220 e. The van der Waals surface area contributed by atoms with E-state index in [1.165, 1.54) is 6.33 Å². The number of hydrogen-bond acceptors (Lipinski definition) is 6. The summed E-state index contributed by atoms with van der Waals surface area (Å²) in [6.07, 6.45) is 3.34. The highest BCUT2D eigenvalue weighted by Crippen LogP contribution is 2.32. The first-order valence-corrected chi connectivity index (χ1v) is 6.90. The van der Waals surface area contributed by atoms with Crippen molar-refractivity contribution in [3.8, 4) is 0 Å². The second kappa shape index (κ2) is 5.38. The maximum atomic E-state index is 11.5. The van der Waals surface area contributed by atoms with E-state index in [1.54, 1.807) is 24.0 Å².